The second kappa shape index (κ2) is 17.6. The van der Waals surface area contributed by atoms with Crippen LogP contribution in [0.2, 0.25) is 0 Å². The Kier molecular flexibility index (Phi) is 15.6. The maximum absolute atomic E-state index is 12.2. The number of carbonyl (C=O) groups is 2. The molecular weight excluding hydrogens is 366 g/mol. The molecule has 1 atom stereocenters. The number of methoxy groups -OCH3 is 1. The summed E-state index contributed by atoms with van der Waals surface area (Å²) in [6.07, 6.45) is 20.9. The van der Waals surface area contributed by atoms with Crippen molar-refractivity contribution < 1.29 is 19.1 Å². The molecule has 1 aliphatic heterocycles. The van der Waals surface area contributed by atoms with Gasteiger partial charge in [0.15, 0.2) is 0 Å². The Balaban J connectivity index is 1.85. The summed E-state index contributed by atoms with van der Waals surface area (Å²) in [5, 5.41) is 0. The topological polar surface area (TPSA) is 55.8 Å². The number of nitrogens with zero attached hydrogens (tertiary/aromatic N) is 1. The molecule has 0 spiro atoms. The smallest absolute Gasteiger partial charge is 0.410 e. The van der Waals surface area contributed by atoms with Crippen LogP contribution in [0.4, 0.5) is 4.79 Å². The van der Waals surface area contributed by atoms with Crippen LogP contribution < -0.4 is 0 Å². The second-order valence-corrected chi connectivity index (χ2v) is 8.44. The molecule has 0 saturated carbocycles. The summed E-state index contributed by atoms with van der Waals surface area (Å²) in [5.41, 5.74) is 0. The predicted octanol–water partition coefficient (Wildman–Crippen LogP) is 6.63. The highest BCUT2D eigenvalue weighted by Crippen LogP contribution is 2.19. The molecule has 0 N–H and O–H groups in total. The van der Waals surface area contributed by atoms with E-state index in [1.54, 1.807) is 0 Å². The lowest BCUT2D eigenvalue weighted by Gasteiger charge is -2.21. The third-order valence-corrected chi connectivity index (χ3v) is 5.93. The standard InChI is InChI=1S/C24H45NO4/c1-3-4-5-6-7-8-9-10-11-12-13-14-15-16-17-21-29-23(26)22-19-18-20-25(22)24(27)28-2/h22H,3-21H2,1-2H3. The van der Waals surface area contributed by atoms with E-state index in [1.807, 2.05) is 0 Å². The Morgan fingerprint density at radius 3 is 1.76 bits per heavy atom. The van der Waals surface area contributed by atoms with Gasteiger partial charge in [0.2, 0.25) is 0 Å². The first-order chi connectivity index (χ1) is 14.2. The molecule has 0 aliphatic carbocycles. The number of amides is 1. The number of unbranched alkanes of at least 4 members (excludes halogenated alkanes) is 14. The van der Waals surface area contributed by atoms with Gasteiger partial charge < -0.3 is 9.47 Å². The third kappa shape index (κ3) is 12.1. The monoisotopic (exact) mass is 411 g/mol. The Bertz CT molecular complexity index is 427. The zero-order valence-corrected chi connectivity index (χ0v) is 19.1. The maximum Gasteiger partial charge on any atom is 0.410 e. The van der Waals surface area contributed by atoms with Crippen LogP contribution in [0.25, 0.3) is 0 Å². The number of hydrogen-bond donors (Lipinski definition) is 0. The van der Waals surface area contributed by atoms with Gasteiger partial charge >= 0.3 is 12.1 Å². The molecule has 0 aromatic carbocycles. The van der Waals surface area contributed by atoms with Crippen molar-refractivity contribution in [3.05, 3.63) is 0 Å². The van der Waals surface area contributed by atoms with Crippen molar-refractivity contribution in [2.24, 2.45) is 0 Å². The molecule has 0 radical (unpaired) electrons. The van der Waals surface area contributed by atoms with Gasteiger partial charge in [0.05, 0.1) is 13.7 Å². The lowest BCUT2D eigenvalue weighted by atomic mass is 10.0. The molecule has 1 aliphatic rings. The molecule has 29 heavy (non-hydrogen) atoms. The van der Waals surface area contributed by atoms with Gasteiger partial charge in [0, 0.05) is 6.54 Å². The van der Waals surface area contributed by atoms with Crippen molar-refractivity contribution in [3.8, 4) is 0 Å². The first-order valence-electron chi connectivity index (χ1n) is 12.2. The normalized spacial score (nSPS) is 16.2. The van der Waals surface area contributed by atoms with Crippen molar-refractivity contribution in [3.63, 3.8) is 0 Å². The number of rotatable bonds is 17. The number of hydrogen-bond acceptors (Lipinski definition) is 4. The second-order valence-electron chi connectivity index (χ2n) is 8.44. The van der Waals surface area contributed by atoms with E-state index < -0.39 is 12.1 Å². The minimum atomic E-state index is -0.459. The van der Waals surface area contributed by atoms with Gasteiger partial charge in [-0.2, -0.15) is 0 Å². The first-order valence-corrected chi connectivity index (χ1v) is 12.2. The van der Waals surface area contributed by atoms with Crippen LogP contribution in [0.15, 0.2) is 0 Å². The molecule has 0 aromatic rings. The number of carbonyl (C=O) groups excluding carboxylic acids is 2. The van der Waals surface area contributed by atoms with Gasteiger partial charge in [-0.25, -0.2) is 9.59 Å². The first kappa shape index (κ1) is 25.8. The van der Waals surface area contributed by atoms with E-state index in [0.29, 0.717) is 19.6 Å². The van der Waals surface area contributed by atoms with Crippen LogP contribution >= 0.6 is 0 Å². The minimum absolute atomic E-state index is 0.279. The van der Waals surface area contributed by atoms with E-state index in [1.165, 1.54) is 95.5 Å². The van der Waals surface area contributed by atoms with Crippen LogP contribution in [-0.2, 0) is 14.3 Å². The molecule has 0 aromatic heterocycles. The highest BCUT2D eigenvalue weighted by molar-refractivity contribution is 5.82. The maximum atomic E-state index is 12.2. The van der Waals surface area contributed by atoms with E-state index in [-0.39, 0.29) is 5.97 Å². The summed E-state index contributed by atoms with van der Waals surface area (Å²) in [6.45, 7) is 3.31. The highest BCUT2D eigenvalue weighted by Gasteiger charge is 2.35. The van der Waals surface area contributed by atoms with E-state index in [0.717, 1.165) is 19.3 Å². The number of likely N-dealkylation sites (tertiary alicyclic amines) is 1. The lowest BCUT2D eigenvalue weighted by Crippen LogP contribution is -2.41. The Hall–Kier alpha value is -1.26. The summed E-state index contributed by atoms with van der Waals surface area (Å²) in [7, 11) is 1.35. The van der Waals surface area contributed by atoms with Crippen molar-refractivity contribution in [2.75, 3.05) is 20.3 Å². The van der Waals surface area contributed by atoms with E-state index in [2.05, 4.69) is 6.92 Å². The molecule has 1 rings (SSSR count). The quantitative estimate of drug-likeness (QED) is 0.199. The molecule has 5 nitrogen and oxygen atoms in total. The summed E-state index contributed by atoms with van der Waals surface area (Å²) in [5.74, 6) is -0.279. The minimum Gasteiger partial charge on any atom is -0.464 e. The zero-order chi connectivity index (χ0) is 21.2. The summed E-state index contributed by atoms with van der Waals surface area (Å²) in [4.78, 5) is 25.3. The zero-order valence-electron chi connectivity index (χ0n) is 19.1. The molecule has 1 unspecified atom stereocenters. The van der Waals surface area contributed by atoms with Gasteiger partial charge in [-0.05, 0) is 19.3 Å². The van der Waals surface area contributed by atoms with E-state index >= 15 is 0 Å². The molecule has 1 fully saturated rings. The van der Waals surface area contributed by atoms with Crippen LogP contribution in [0.1, 0.15) is 116 Å². The Labute approximate surface area is 178 Å². The predicted molar refractivity (Wildman–Crippen MR) is 118 cm³/mol. The van der Waals surface area contributed by atoms with Crippen LogP contribution in [-0.4, -0.2) is 43.3 Å². The van der Waals surface area contributed by atoms with Gasteiger partial charge in [0.25, 0.3) is 0 Å². The Morgan fingerprint density at radius 2 is 1.28 bits per heavy atom. The highest BCUT2D eigenvalue weighted by atomic mass is 16.6. The fraction of sp³-hybridized carbons (Fsp3) is 0.917. The molecule has 1 heterocycles. The molecule has 1 amide bonds. The number of ether oxygens (including phenoxy) is 2. The summed E-state index contributed by atoms with van der Waals surface area (Å²) >= 11 is 0. The Morgan fingerprint density at radius 1 is 0.793 bits per heavy atom. The third-order valence-electron chi connectivity index (χ3n) is 5.93. The fourth-order valence-electron chi connectivity index (χ4n) is 4.09. The SMILES string of the molecule is CCCCCCCCCCCCCCCCCOC(=O)C1CCCN1C(=O)OC. The van der Waals surface area contributed by atoms with Crippen molar-refractivity contribution in [1.29, 1.82) is 0 Å². The van der Waals surface area contributed by atoms with Gasteiger partial charge in [-0.3, -0.25) is 4.90 Å². The summed E-state index contributed by atoms with van der Waals surface area (Å²) in [6, 6.07) is -0.459. The van der Waals surface area contributed by atoms with Crippen molar-refractivity contribution >= 4 is 12.1 Å². The lowest BCUT2D eigenvalue weighted by molar-refractivity contribution is -0.148. The molecule has 5 heteroatoms. The van der Waals surface area contributed by atoms with E-state index in [9.17, 15) is 9.59 Å². The van der Waals surface area contributed by atoms with Crippen molar-refractivity contribution in [2.45, 2.75) is 122 Å². The molecule has 1 saturated heterocycles. The van der Waals surface area contributed by atoms with Gasteiger partial charge in [-0.1, -0.05) is 96.8 Å². The van der Waals surface area contributed by atoms with Crippen LogP contribution in [0, 0.1) is 0 Å². The molecule has 170 valence electrons. The summed E-state index contributed by atoms with van der Waals surface area (Å²) < 4.78 is 10.1. The van der Waals surface area contributed by atoms with Crippen molar-refractivity contribution in [1.82, 2.24) is 4.90 Å². The van der Waals surface area contributed by atoms with Crippen LogP contribution in [0.5, 0.6) is 0 Å². The fourth-order valence-corrected chi connectivity index (χ4v) is 4.09. The average Bonchev–Trinajstić information content (AvgIpc) is 3.22. The molecular formula is C24H45NO4. The average molecular weight is 412 g/mol. The van der Waals surface area contributed by atoms with Gasteiger partial charge in [-0.15, -0.1) is 0 Å². The van der Waals surface area contributed by atoms with E-state index in [4.69, 9.17) is 9.47 Å². The van der Waals surface area contributed by atoms with Crippen LogP contribution in [0.3, 0.4) is 0 Å². The largest absolute Gasteiger partial charge is 0.464 e. The van der Waals surface area contributed by atoms with Gasteiger partial charge in [0.1, 0.15) is 6.04 Å². The number of esters is 1. The molecule has 0 bridgehead atoms.